The molecule has 0 bridgehead atoms. The molecule has 0 unspecified atom stereocenters. The Morgan fingerprint density at radius 1 is 1.22 bits per heavy atom. The lowest BCUT2D eigenvalue weighted by molar-refractivity contribution is -0.163. The number of nitrogens with zero attached hydrogens (tertiary/aromatic N) is 2. The van der Waals surface area contributed by atoms with Crippen molar-refractivity contribution >= 4 is 36.3 Å². The molecule has 4 saturated heterocycles. The first-order valence-corrected chi connectivity index (χ1v) is 14.8. The minimum Gasteiger partial charge on any atom is -0.477 e. The number of carbonyl (C=O) groups excluding carboxylic acids is 1. The number of aliphatic hydroxyl groups excluding tert-OH is 3. The minimum absolute atomic E-state index is 0.0928. The van der Waals surface area contributed by atoms with E-state index in [4.69, 9.17) is 5.11 Å². The summed E-state index contributed by atoms with van der Waals surface area (Å²) in [5.41, 5.74) is 0.0928. The third-order valence-corrected chi connectivity index (χ3v) is 10.3. The van der Waals surface area contributed by atoms with Gasteiger partial charge in [-0.2, -0.15) is 12.6 Å². The molecule has 12 heteroatoms. The van der Waals surface area contributed by atoms with Gasteiger partial charge in [0.1, 0.15) is 5.70 Å². The van der Waals surface area contributed by atoms with E-state index in [1.165, 1.54) is 4.90 Å². The summed E-state index contributed by atoms with van der Waals surface area (Å²) in [6.07, 6.45) is 3.15. The van der Waals surface area contributed by atoms with E-state index in [-0.39, 0.29) is 48.1 Å². The van der Waals surface area contributed by atoms with Crippen LogP contribution in [0, 0.1) is 11.8 Å². The Morgan fingerprint density at radius 3 is 2.43 bits per heavy atom. The number of hydrogen-bond donors (Lipinski definition) is 7. The first-order valence-electron chi connectivity index (χ1n) is 13.4. The number of piperidine rings is 1. The lowest BCUT2D eigenvalue weighted by Crippen LogP contribution is -2.63. The highest BCUT2D eigenvalue weighted by Crippen LogP contribution is 2.52. The number of amides is 1. The number of fused-ring (bicyclic) bond motifs is 1. The first-order chi connectivity index (χ1) is 17.7. The van der Waals surface area contributed by atoms with Crippen molar-refractivity contribution < 1.29 is 30.0 Å². The lowest BCUT2D eigenvalue weighted by Gasteiger charge is -2.46. The van der Waals surface area contributed by atoms with Crippen LogP contribution in [0.25, 0.3) is 0 Å². The van der Waals surface area contributed by atoms with E-state index in [9.17, 15) is 24.9 Å². The van der Waals surface area contributed by atoms with Gasteiger partial charge >= 0.3 is 5.97 Å². The fourth-order valence-corrected chi connectivity index (χ4v) is 8.48. The van der Waals surface area contributed by atoms with E-state index in [0.717, 1.165) is 56.8 Å². The topological polar surface area (TPSA) is 146 Å². The van der Waals surface area contributed by atoms with Crippen LogP contribution < -0.4 is 10.6 Å². The van der Waals surface area contributed by atoms with E-state index >= 15 is 0 Å². The van der Waals surface area contributed by atoms with Crippen LogP contribution >= 0.6 is 24.4 Å². The van der Waals surface area contributed by atoms with Crippen LogP contribution in [0.5, 0.6) is 0 Å². The van der Waals surface area contributed by atoms with Crippen molar-refractivity contribution in [1.29, 1.82) is 0 Å². The molecule has 0 saturated carbocycles. The van der Waals surface area contributed by atoms with Crippen molar-refractivity contribution in [2.45, 2.75) is 80.3 Å². The van der Waals surface area contributed by atoms with Crippen LogP contribution in [0.15, 0.2) is 10.6 Å². The third kappa shape index (κ3) is 6.01. The van der Waals surface area contributed by atoms with Gasteiger partial charge in [-0.25, -0.2) is 4.79 Å². The van der Waals surface area contributed by atoms with E-state index < -0.39 is 18.0 Å². The number of aliphatic hydroxyl groups is 3. The fourth-order valence-electron chi connectivity index (χ4n) is 6.54. The minimum atomic E-state index is -1.08. The number of thiol groups is 1. The highest BCUT2D eigenvalue weighted by atomic mass is 32.2. The van der Waals surface area contributed by atoms with Gasteiger partial charge in [0, 0.05) is 52.5 Å². The summed E-state index contributed by atoms with van der Waals surface area (Å²) in [6.45, 7) is 7.65. The lowest BCUT2D eigenvalue weighted by atomic mass is 9.79. The van der Waals surface area contributed by atoms with Crippen molar-refractivity contribution in [3.8, 4) is 0 Å². The number of carboxylic acids is 1. The molecule has 0 radical (unpaired) electrons. The van der Waals surface area contributed by atoms with E-state index in [1.807, 2.05) is 6.92 Å². The number of rotatable bonds is 7. The molecule has 6 N–H and O–H groups in total. The van der Waals surface area contributed by atoms with Crippen LogP contribution in [0.1, 0.15) is 39.5 Å². The SMILES string of the molecule is C[C@@H](O)[C@H]1C(=O)N2C(C(=O)O)=C(S[C@@H]3C[C@@H](CO)N(C4CCNCC4)C3)[C@H](C)[C@H]12.OC[C@@H]1C[C@@H](S)CN1. The molecule has 0 aromatic rings. The number of hydrogen-bond acceptors (Lipinski definition) is 10. The third-order valence-electron chi connectivity index (χ3n) is 8.43. The van der Waals surface area contributed by atoms with Gasteiger partial charge in [0.2, 0.25) is 5.91 Å². The zero-order chi connectivity index (χ0) is 26.9. The molecule has 5 heterocycles. The van der Waals surface area contributed by atoms with Gasteiger partial charge < -0.3 is 36.0 Å². The van der Waals surface area contributed by atoms with Gasteiger partial charge in [-0.05, 0) is 45.7 Å². The van der Waals surface area contributed by atoms with Crippen LogP contribution in [0.4, 0.5) is 0 Å². The van der Waals surface area contributed by atoms with Gasteiger partial charge in [0.15, 0.2) is 0 Å². The van der Waals surface area contributed by atoms with E-state index in [0.29, 0.717) is 17.3 Å². The Bertz CT molecular complexity index is 870. The van der Waals surface area contributed by atoms with Gasteiger partial charge in [-0.15, -0.1) is 11.8 Å². The predicted molar refractivity (Wildman–Crippen MR) is 145 cm³/mol. The van der Waals surface area contributed by atoms with Crippen molar-refractivity contribution in [2.75, 3.05) is 39.4 Å². The molecule has 0 aromatic heterocycles. The zero-order valence-electron chi connectivity index (χ0n) is 21.6. The van der Waals surface area contributed by atoms with Crippen LogP contribution in [-0.2, 0) is 9.59 Å². The Kier molecular flexibility index (Phi) is 9.88. The smallest absolute Gasteiger partial charge is 0.353 e. The predicted octanol–water partition coefficient (Wildman–Crippen LogP) is -0.300. The zero-order valence-corrected chi connectivity index (χ0v) is 23.3. The first kappa shape index (κ1) is 29.1. The molecule has 5 aliphatic heterocycles. The Morgan fingerprint density at radius 2 is 1.92 bits per heavy atom. The molecule has 0 spiro atoms. The molecule has 0 aliphatic carbocycles. The number of likely N-dealkylation sites (tertiary alicyclic amines) is 1. The Hall–Kier alpha value is -0.860. The van der Waals surface area contributed by atoms with Gasteiger partial charge in [0.05, 0.1) is 31.3 Å². The fraction of sp³-hybridized carbons (Fsp3) is 0.840. The summed E-state index contributed by atoms with van der Waals surface area (Å²) in [5.74, 6) is -2.01. The van der Waals surface area contributed by atoms with Crippen LogP contribution in [0.3, 0.4) is 0 Å². The van der Waals surface area contributed by atoms with Crippen molar-refractivity contribution in [3.63, 3.8) is 0 Å². The number of carboxylic acid groups (broad SMARTS) is 1. The number of carbonyl (C=O) groups is 2. The van der Waals surface area contributed by atoms with Gasteiger partial charge in [-0.1, -0.05) is 6.92 Å². The highest BCUT2D eigenvalue weighted by molar-refractivity contribution is 8.03. The second-order valence-corrected chi connectivity index (χ2v) is 13.0. The number of aliphatic carboxylic acids is 1. The molecule has 5 aliphatic rings. The number of nitrogens with one attached hydrogen (secondary N) is 2. The number of thioether (sulfide) groups is 1. The average molecular weight is 559 g/mol. The molecule has 37 heavy (non-hydrogen) atoms. The quantitative estimate of drug-likeness (QED) is 0.164. The monoisotopic (exact) mass is 558 g/mol. The second-order valence-electron chi connectivity index (χ2n) is 10.9. The maximum atomic E-state index is 12.5. The summed E-state index contributed by atoms with van der Waals surface area (Å²) in [6, 6.07) is 0.586. The molecular weight excluding hydrogens is 516 g/mol. The van der Waals surface area contributed by atoms with Crippen LogP contribution in [-0.4, -0.2) is 122 Å². The summed E-state index contributed by atoms with van der Waals surface area (Å²) < 4.78 is 0. The standard InChI is InChI=1S/C20H31N3O5S.C5H11NOS/c1-10-16-15(11(2)25)19(26)23(16)17(20(27)28)18(10)29-14-7-13(9-24)22(8-14)12-3-5-21-6-4-12;7-3-4-1-5(8)2-6-4/h10-16,21,24-25H,3-9H2,1-2H3,(H,27,28);4-8H,1-3H2/t10-,11-,13+,14-,15-,16-;4-,5+/m10/s1. The van der Waals surface area contributed by atoms with Crippen molar-refractivity contribution in [1.82, 2.24) is 20.4 Å². The van der Waals surface area contributed by atoms with Gasteiger partial charge in [-0.3, -0.25) is 9.69 Å². The summed E-state index contributed by atoms with van der Waals surface area (Å²) in [7, 11) is 0. The largest absolute Gasteiger partial charge is 0.477 e. The average Bonchev–Trinajstić information content (AvgIpc) is 3.55. The molecule has 8 atom stereocenters. The Balaban J connectivity index is 0.000000342. The Labute approximate surface area is 228 Å². The molecule has 210 valence electrons. The maximum Gasteiger partial charge on any atom is 0.353 e. The highest BCUT2D eigenvalue weighted by Gasteiger charge is 2.60. The van der Waals surface area contributed by atoms with Gasteiger partial charge in [0.25, 0.3) is 0 Å². The van der Waals surface area contributed by atoms with Crippen LogP contribution in [0.2, 0.25) is 0 Å². The molecule has 10 nitrogen and oxygen atoms in total. The molecule has 5 rings (SSSR count). The van der Waals surface area contributed by atoms with E-state index in [2.05, 4.69) is 28.2 Å². The molecular formula is C25H42N4O6S2. The summed E-state index contributed by atoms with van der Waals surface area (Å²) >= 11 is 5.80. The molecule has 0 aromatic carbocycles. The molecule has 1 amide bonds. The maximum absolute atomic E-state index is 12.5. The number of β-lactam (4-membered cyclic amide) rings is 1. The summed E-state index contributed by atoms with van der Waals surface area (Å²) in [5, 5.41) is 45.4. The normalized spacial score (nSPS) is 37.3. The summed E-state index contributed by atoms with van der Waals surface area (Å²) in [4.78, 5) is 29.0. The van der Waals surface area contributed by atoms with E-state index in [1.54, 1.807) is 18.7 Å². The van der Waals surface area contributed by atoms with Crippen molar-refractivity contribution in [2.24, 2.45) is 11.8 Å². The second kappa shape index (κ2) is 12.5. The molecule has 4 fully saturated rings. The van der Waals surface area contributed by atoms with Crippen molar-refractivity contribution in [3.05, 3.63) is 10.6 Å².